The van der Waals surface area contributed by atoms with Crippen LogP contribution in [0.5, 0.6) is 0 Å². The number of allylic oxidation sites excluding steroid dienone is 1. The van der Waals surface area contributed by atoms with Crippen molar-refractivity contribution in [3.05, 3.63) is 80.6 Å². The van der Waals surface area contributed by atoms with Crippen molar-refractivity contribution < 1.29 is 14.6 Å². The van der Waals surface area contributed by atoms with Crippen LogP contribution in [0.25, 0.3) is 0 Å². The van der Waals surface area contributed by atoms with Gasteiger partial charge >= 0.3 is 11.7 Å². The van der Waals surface area contributed by atoms with Crippen LogP contribution in [0.2, 0.25) is 0 Å². The van der Waals surface area contributed by atoms with Gasteiger partial charge in [0.15, 0.2) is 0 Å². The summed E-state index contributed by atoms with van der Waals surface area (Å²) in [5.74, 6) is -0.827. The average Bonchev–Trinajstić information content (AvgIpc) is 2.65. The monoisotopic (exact) mass is 356 g/mol. The quantitative estimate of drug-likeness (QED) is 0.633. The van der Waals surface area contributed by atoms with Crippen LogP contribution in [-0.2, 0) is 4.74 Å². The molecule has 1 heterocycles. The number of carbonyl (C=O) groups is 1. The maximum Gasteiger partial charge on any atom is 0.338 e. The first-order chi connectivity index (χ1) is 12.5. The minimum atomic E-state index is -0.582. The summed E-state index contributed by atoms with van der Waals surface area (Å²) in [6, 6.07) is 8.22. The topological polar surface area (TPSA) is 101 Å². The molecule has 7 nitrogen and oxygen atoms in total. The van der Waals surface area contributed by atoms with E-state index in [9.17, 15) is 19.5 Å². The maximum atomic E-state index is 12.3. The van der Waals surface area contributed by atoms with Crippen LogP contribution in [0.3, 0.4) is 0 Å². The number of rotatable bonds is 4. The largest absolute Gasteiger partial charge is 0.458 e. The third-order valence-electron chi connectivity index (χ3n) is 4.51. The molecule has 1 aliphatic rings. The van der Waals surface area contributed by atoms with E-state index in [-0.39, 0.29) is 18.6 Å². The van der Waals surface area contributed by atoms with Gasteiger partial charge < -0.3 is 9.84 Å². The molecule has 0 fully saturated rings. The van der Waals surface area contributed by atoms with Crippen molar-refractivity contribution in [2.24, 2.45) is 5.92 Å². The van der Waals surface area contributed by atoms with Crippen LogP contribution in [-0.4, -0.2) is 33.3 Å². The Labute approximate surface area is 149 Å². The minimum absolute atomic E-state index is 0.171. The smallest absolute Gasteiger partial charge is 0.338 e. The van der Waals surface area contributed by atoms with Gasteiger partial charge in [0.25, 0.3) is 5.56 Å². The van der Waals surface area contributed by atoms with E-state index in [1.54, 1.807) is 49.4 Å². The number of hydrogen-bond donors (Lipinski definition) is 2. The number of benzene rings is 1. The molecule has 0 spiro atoms. The summed E-state index contributed by atoms with van der Waals surface area (Å²) in [4.78, 5) is 38.3. The standard InChI is InChI=1S/C19H20N2O5/c1-12-10-21(19(25)20-17(12)23)15-8-7-14(11-22)16(9-15)26-18(24)13-5-3-2-4-6-13/h2-8,10,14-16,22H,9,11H2,1H3,(H,20,23,25)/t14?,15-,16+/m1/s1. The van der Waals surface area contributed by atoms with E-state index in [0.717, 1.165) is 0 Å². The van der Waals surface area contributed by atoms with Gasteiger partial charge in [-0.1, -0.05) is 30.4 Å². The van der Waals surface area contributed by atoms with Crippen LogP contribution in [0.4, 0.5) is 0 Å². The van der Waals surface area contributed by atoms with E-state index in [4.69, 9.17) is 4.74 Å². The summed E-state index contributed by atoms with van der Waals surface area (Å²) >= 11 is 0. The van der Waals surface area contributed by atoms with Crippen molar-refractivity contribution in [2.45, 2.75) is 25.5 Å². The lowest BCUT2D eigenvalue weighted by Crippen LogP contribution is -2.38. The highest BCUT2D eigenvalue weighted by Gasteiger charge is 2.31. The molecule has 0 aliphatic heterocycles. The number of hydrogen-bond acceptors (Lipinski definition) is 5. The second-order valence-corrected chi connectivity index (χ2v) is 6.32. The summed E-state index contributed by atoms with van der Waals surface area (Å²) in [6.07, 6.45) is 4.76. The lowest BCUT2D eigenvalue weighted by atomic mass is 9.90. The number of aliphatic hydroxyl groups excluding tert-OH is 1. The molecule has 1 aromatic heterocycles. The molecule has 1 aliphatic carbocycles. The lowest BCUT2D eigenvalue weighted by molar-refractivity contribution is 0.00396. The molecule has 0 saturated heterocycles. The Balaban J connectivity index is 1.84. The number of esters is 1. The van der Waals surface area contributed by atoms with Crippen molar-refractivity contribution in [2.75, 3.05) is 6.61 Å². The molecule has 0 saturated carbocycles. The first-order valence-electron chi connectivity index (χ1n) is 8.37. The summed E-state index contributed by atoms with van der Waals surface area (Å²) in [5, 5.41) is 9.58. The summed E-state index contributed by atoms with van der Waals surface area (Å²) in [7, 11) is 0. The van der Waals surface area contributed by atoms with Crippen LogP contribution in [0, 0.1) is 12.8 Å². The van der Waals surface area contributed by atoms with Gasteiger partial charge in [-0.3, -0.25) is 14.3 Å². The Kier molecular flexibility index (Phi) is 5.18. The van der Waals surface area contributed by atoms with E-state index in [1.165, 1.54) is 10.8 Å². The van der Waals surface area contributed by atoms with Crippen LogP contribution in [0.1, 0.15) is 28.4 Å². The Morgan fingerprint density at radius 2 is 2.00 bits per heavy atom. The van der Waals surface area contributed by atoms with Crippen LogP contribution in [0.15, 0.2) is 58.3 Å². The first kappa shape index (κ1) is 17.9. The van der Waals surface area contributed by atoms with Crippen molar-refractivity contribution in [3.8, 4) is 0 Å². The Bertz CT molecular complexity index is 929. The minimum Gasteiger partial charge on any atom is -0.458 e. The van der Waals surface area contributed by atoms with E-state index in [1.807, 2.05) is 0 Å². The fourth-order valence-corrected chi connectivity index (χ4v) is 3.02. The molecule has 1 aromatic carbocycles. The van der Waals surface area contributed by atoms with E-state index < -0.39 is 23.3 Å². The number of nitrogens with zero attached hydrogens (tertiary/aromatic N) is 1. The summed E-state index contributed by atoms with van der Waals surface area (Å²) in [5.41, 5.74) is -0.107. The maximum absolute atomic E-state index is 12.3. The predicted octanol–water partition coefficient (Wildman–Crippen LogP) is 1.18. The van der Waals surface area contributed by atoms with Gasteiger partial charge in [0.05, 0.1) is 18.2 Å². The molecule has 136 valence electrons. The highest BCUT2D eigenvalue weighted by Crippen LogP contribution is 2.28. The summed E-state index contributed by atoms with van der Waals surface area (Å²) in [6.45, 7) is 1.44. The molecule has 7 heteroatoms. The van der Waals surface area contributed by atoms with Crippen LogP contribution < -0.4 is 11.2 Å². The average molecular weight is 356 g/mol. The molecule has 2 N–H and O–H groups in total. The lowest BCUT2D eigenvalue weighted by Gasteiger charge is -2.31. The normalized spacial score (nSPS) is 22.2. The van der Waals surface area contributed by atoms with Crippen molar-refractivity contribution in [3.63, 3.8) is 0 Å². The molecule has 0 bridgehead atoms. The number of aromatic nitrogens is 2. The zero-order chi connectivity index (χ0) is 18.7. The zero-order valence-electron chi connectivity index (χ0n) is 14.3. The molecule has 3 atom stereocenters. The third kappa shape index (κ3) is 3.67. The van der Waals surface area contributed by atoms with E-state index in [2.05, 4.69) is 4.98 Å². The van der Waals surface area contributed by atoms with E-state index >= 15 is 0 Å². The molecule has 26 heavy (non-hydrogen) atoms. The van der Waals surface area contributed by atoms with Crippen molar-refractivity contribution in [1.29, 1.82) is 0 Å². The summed E-state index contributed by atoms with van der Waals surface area (Å²) < 4.78 is 7.00. The number of H-pyrrole nitrogens is 1. The van der Waals surface area contributed by atoms with Gasteiger partial charge in [-0.15, -0.1) is 0 Å². The fourth-order valence-electron chi connectivity index (χ4n) is 3.02. The molecular weight excluding hydrogens is 336 g/mol. The van der Waals surface area contributed by atoms with Gasteiger partial charge in [-0.05, 0) is 19.1 Å². The Morgan fingerprint density at radius 1 is 1.27 bits per heavy atom. The third-order valence-corrected chi connectivity index (χ3v) is 4.51. The van der Waals surface area contributed by atoms with Crippen molar-refractivity contribution in [1.82, 2.24) is 9.55 Å². The second kappa shape index (κ2) is 7.53. The predicted molar refractivity (Wildman–Crippen MR) is 95.1 cm³/mol. The molecule has 1 unspecified atom stereocenters. The van der Waals surface area contributed by atoms with Gasteiger partial charge in [0.1, 0.15) is 6.10 Å². The highest BCUT2D eigenvalue weighted by molar-refractivity contribution is 5.89. The molecule has 2 aromatic rings. The molecule has 0 radical (unpaired) electrons. The molecular formula is C19H20N2O5. The Morgan fingerprint density at radius 3 is 2.69 bits per heavy atom. The van der Waals surface area contributed by atoms with Gasteiger partial charge in [-0.25, -0.2) is 9.59 Å². The number of carbonyl (C=O) groups excluding carboxylic acids is 1. The van der Waals surface area contributed by atoms with E-state index in [0.29, 0.717) is 17.5 Å². The second-order valence-electron chi connectivity index (χ2n) is 6.32. The number of nitrogens with one attached hydrogen (secondary N) is 1. The number of aliphatic hydroxyl groups is 1. The SMILES string of the molecule is Cc1cn([C@@H]2C=CC(CO)[C@@H](OC(=O)c3ccccc3)C2)c(=O)[nH]c1=O. The van der Waals surface area contributed by atoms with Gasteiger partial charge in [0, 0.05) is 24.1 Å². The van der Waals surface area contributed by atoms with Crippen molar-refractivity contribution >= 4 is 5.97 Å². The van der Waals surface area contributed by atoms with Gasteiger partial charge in [0.2, 0.25) is 0 Å². The number of aryl methyl sites for hydroxylation is 1. The van der Waals surface area contributed by atoms with Crippen LogP contribution >= 0.6 is 0 Å². The molecule has 3 rings (SSSR count). The Hall–Kier alpha value is -2.93. The molecule has 0 amide bonds. The van der Waals surface area contributed by atoms with Gasteiger partial charge in [-0.2, -0.15) is 0 Å². The number of ether oxygens (including phenoxy) is 1. The zero-order valence-corrected chi connectivity index (χ0v) is 14.3. The number of aromatic amines is 1. The first-order valence-corrected chi connectivity index (χ1v) is 8.37. The fraction of sp³-hybridized carbons (Fsp3) is 0.316. The highest BCUT2D eigenvalue weighted by atomic mass is 16.5.